The van der Waals surface area contributed by atoms with Crippen molar-refractivity contribution in [2.24, 2.45) is 0 Å². The molecule has 0 atom stereocenters. The van der Waals surface area contributed by atoms with Gasteiger partial charge in [-0.25, -0.2) is 13.8 Å². The van der Waals surface area contributed by atoms with E-state index in [1.807, 2.05) is 18.2 Å². The standard InChI is InChI=1S/C27H25F2N5O2S/c28-18-4-6-19(21(29)15-18)25-31-26(33-32-25)23-14-16-7-12-36-22-13-17(3-5-20(22)24(16)37-23)27(35)30-8-11-34-9-1-2-10-34/h3-6,13-15H,1-2,7-12H2,(H,30,35)(H,31,32,33). The Morgan fingerprint density at radius 3 is 2.78 bits per heavy atom. The van der Waals surface area contributed by atoms with Crippen LogP contribution in [-0.4, -0.2) is 58.8 Å². The van der Waals surface area contributed by atoms with Gasteiger partial charge in [0.15, 0.2) is 11.6 Å². The molecular weight excluding hydrogens is 496 g/mol. The average Bonchev–Trinajstić information content (AvgIpc) is 3.64. The molecule has 190 valence electrons. The van der Waals surface area contributed by atoms with E-state index < -0.39 is 11.6 Å². The van der Waals surface area contributed by atoms with Gasteiger partial charge in [-0.2, -0.15) is 5.10 Å². The van der Waals surface area contributed by atoms with Crippen LogP contribution in [0.4, 0.5) is 8.78 Å². The van der Waals surface area contributed by atoms with Gasteiger partial charge in [0.1, 0.15) is 17.4 Å². The molecule has 37 heavy (non-hydrogen) atoms. The lowest BCUT2D eigenvalue weighted by molar-refractivity contribution is 0.0949. The van der Waals surface area contributed by atoms with Gasteiger partial charge in [0.25, 0.3) is 5.91 Å². The third-order valence-corrected chi connectivity index (χ3v) is 7.95. The topological polar surface area (TPSA) is 83.1 Å². The summed E-state index contributed by atoms with van der Waals surface area (Å²) in [6.07, 6.45) is 3.16. The number of carbonyl (C=O) groups is 1. The van der Waals surface area contributed by atoms with E-state index in [1.165, 1.54) is 36.3 Å². The number of hydrogen-bond acceptors (Lipinski definition) is 6. The van der Waals surface area contributed by atoms with Gasteiger partial charge in [-0.15, -0.1) is 11.3 Å². The van der Waals surface area contributed by atoms with E-state index in [0.717, 1.165) is 46.6 Å². The number of carbonyl (C=O) groups excluding carboxylic acids is 1. The van der Waals surface area contributed by atoms with Crippen LogP contribution in [0.25, 0.3) is 32.5 Å². The first-order valence-corrected chi connectivity index (χ1v) is 13.2. The second kappa shape index (κ2) is 10.0. The Balaban J connectivity index is 1.22. The van der Waals surface area contributed by atoms with Crippen LogP contribution in [0.1, 0.15) is 28.8 Å². The van der Waals surface area contributed by atoms with Gasteiger partial charge in [0.05, 0.1) is 17.0 Å². The molecule has 0 aliphatic carbocycles. The van der Waals surface area contributed by atoms with Crippen molar-refractivity contribution < 1.29 is 18.3 Å². The minimum Gasteiger partial charge on any atom is -0.493 e. The number of likely N-dealkylation sites (tertiary alicyclic amines) is 1. The van der Waals surface area contributed by atoms with Crippen LogP contribution >= 0.6 is 11.3 Å². The number of fused-ring (bicyclic) bond motifs is 3. The number of ether oxygens (including phenoxy) is 1. The molecular formula is C27H25F2N5O2S. The second-order valence-corrected chi connectivity index (χ2v) is 10.3. The van der Waals surface area contributed by atoms with Crippen LogP contribution < -0.4 is 10.1 Å². The second-order valence-electron chi connectivity index (χ2n) is 9.21. The van der Waals surface area contributed by atoms with E-state index in [1.54, 1.807) is 6.07 Å². The number of H-pyrrole nitrogens is 1. The number of aromatic amines is 1. The lowest BCUT2D eigenvalue weighted by Gasteiger charge is -2.15. The summed E-state index contributed by atoms with van der Waals surface area (Å²) < 4.78 is 33.5. The number of hydrogen-bond donors (Lipinski definition) is 2. The zero-order valence-corrected chi connectivity index (χ0v) is 20.8. The van der Waals surface area contributed by atoms with E-state index in [2.05, 4.69) is 25.4 Å². The Hall–Kier alpha value is -3.63. The summed E-state index contributed by atoms with van der Waals surface area (Å²) in [5, 5.41) is 10.0. The van der Waals surface area contributed by atoms with E-state index >= 15 is 0 Å². The van der Waals surface area contributed by atoms with Crippen LogP contribution in [0, 0.1) is 11.6 Å². The first-order chi connectivity index (χ1) is 18.0. The molecule has 2 aliphatic rings. The number of halogens is 2. The van der Waals surface area contributed by atoms with Gasteiger partial charge < -0.3 is 15.0 Å². The van der Waals surface area contributed by atoms with Gasteiger partial charge in [0.2, 0.25) is 0 Å². The molecule has 0 radical (unpaired) electrons. The Morgan fingerprint density at radius 2 is 1.95 bits per heavy atom. The highest BCUT2D eigenvalue weighted by molar-refractivity contribution is 7.19. The first-order valence-electron chi connectivity index (χ1n) is 12.3. The highest BCUT2D eigenvalue weighted by Gasteiger charge is 2.23. The normalized spacial score (nSPS) is 15.1. The maximum absolute atomic E-state index is 14.2. The number of thiophene rings is 1. The summed E-state index contributed by atoms with van der Waals surface area (Å²) in [4.78, 5) is 21.4. The molecule has 2 aromatic heterocycles. The Kier molecular flexibility index (Phi) is 6.43. The zero-order chi connectivity index (χ0) is 25.4. The van der Waals surface area contributed by atoms with Crippen LogP contribution in [0.3, 0.4) is 0 Å². The van der Waals surface area contributed by atoms with E-state index in [9.17, 15) is 13.6 Å². The van der Waals surface area contributed by atoms with Crippen LogP contribution in [0.5, 0.6) is 5.75 Å². The van der Waals surface area contributed by atoms with E-state index in [4.69, 9.17) is 4.74 Å². The molecule has 0 unspecified atom stereocenters. The highest BCUT2D eigenvalue weighted by atomic mass is 32.1. The van der Waals surface area contributed by atoms with Crippen molar-refractivity contribution in [3.63, 3.8) is 0 Å². The van der Waals surface area contributed by atoms with Crippen molar-refractivity contribution in [3.8, 4) is 38.3 Å². The third kappa shape index (κ3) is 4.86. The van der Waals surface area contributed by atoms with Crippen LogP contribution in [-0.2, 0) is 6.42 Å². The summed E-state index contributed by atoms with van der Waals surface area (Å²) in [6.45, 7) is 4.18. The van der Waals surface area contributed by atoms with Crippen molar-refractivity contribution in [3.05, 3.63) is 65.2 Å². The predicted molar refractivity (Wildman–Crippen MR) is 138 cm³/mol. The number of amides is 1. The van der Waals surface area contributed by atoms with Gasteiger partial charge in [0, 0.05) is 41.6 Å². The van der Waals surface area contributed by atoms with Crippen molar-refractivity contribution in [2.75, 3.05) is 32.8 Å². The number of rotatable bonds is 6. The fourth-order valence-corrected chi connectivity index (χ4v) is 5.98. The summed E-state index contributed by atoms with van der Waals surface area (Å²) in [6, 6.07) is 10.9. The number of aromatic nitrogens is 3. The van der Waals surface area contributed by atoms with E-state index in [0.29, 0.717) is 36.7 Å². The Morgan fingerprint density at radius 1 is 1.11 bits per heavy atom. The third-order valence-electron chi connectivity index (χ3n) is 6.73. The van der Waals surface area contributed by atoms with Crippen LogP contribution in [0.15, 0.2) is 42.5 Å². The summed E-state index contributed by atoms with van der Waals surface area (Å²) in [7, 11) is 0. The van der Waals surface area contributed by atoms with E-state index in [-0.39, 0.29) is 17.3 Å². The minimum atomic E-state index is -0.713. The molecule has 0 bridgehead atoms. The lowest BCUT2D eigenvalue weighted by atomic mass is 10.0. The van der Waals surface area contributed by atoms with Gasteiger partial charge in [-0.1, -0.05) is 0 Å². The molecule has 1 saturated heterocycles. The van der Waals surface area contributed by atoms with Crippen molar-refractivity contribution >= 4 is 17.2 Å². The van der Waals surface area contributed by atoms with Crippen molar-refractivity contribution in [1.82, 2.24) is 25.4 Å². The SMILES string of the molecule is O=C(NCCN1CCCC1)c1ccc2c(c1)OCCc1cc(-c3nc(-c4ccc(F)cc4F)n[nH]3)sc1-2. The van der Waals surface area contributed by atoms with Crippen molar-refractivity contribution in [1.29, 1.82) is 0 Å². The maximum atomic E-state index is 14.2. The summed E-state index contributed by atoms with van der Waals surface area (Å²) in [5.74, 6) is -0.124. The molecule has 4 aromatic rings. The fraction of sp³-hybridized carbons (Fsp3) is 0.296. The van der Waals surface area contributed by atoms with Crippen LogP contribution in [0.2, 0.25) is 0 Å². The fourth-order valence-electron chi connectivity index (χ4n) is 4.80. The molecule has 1 fully saturated rings. The molecule has 2 aromatic carbocycles. The van der Waals surface area contributed by atoms with Gasteiger partial charge in [-0.05, 0) is 67.9 Å². The molecule has 4 heterocycles. The molecule has 1 amide bonds. The molecule has 10 heteroatoms. The lowest BCUT2D eigenvalue weighted by Crippen LogP contribution is -2.33. The summed E-state index contributed by atoms with van der Waals surface area (Å²) in [5.41, 5.74) is 2.72. The largest absolute Gasteiger partial charge is 0.493 e. The number of nitrogens with zero attached hydrogens (tertiary/aromatic N) is 3. The molecule has 7 nitrogen and oxygen atoms in total. The maximum Gasteiger partial charge on any atom is 0.251 e. The number of nitrogens with one attached hydrogen (secondary N) is 2. The quantitative estimate of drug-likeness (QED) is 0.377. The molecule has 0 saturated carbocycles. The molecule has 2 aliphatic heterocycles. The first kappa shape index (κ1) is 23.7. The molecule has 2 N–H and O–H groups in total. The molecule has 6 rings (SSSR count). The molecule has 0 spiro atoms. The van der Waals surface area contributed by atoms with Crippen molar-refractivity contribution in [2.45, 2.75) is 19.3 Å². The highest BCUT2D eigenvalue weighted by Crippen LogP contribution is 2.43. The Bertz CT molecular complexity index is 1460. The number of benzene rings is 2. The Labute approximate surface area is 216 Å². The van der Waals surface area contributed by atoms with Gasteiger partial charge >= 0.3 is 0 Å². The average molecular weight is 522 g/mol. The monoisotopic (exact) mass is 521 g/mol. The zero-order valence-electron chi connectivity index (χ0n) is 20.0. The summed E-state index contributed by atoms with van der Waals surface area (Å²) >= 11 is 1.53. The predicted octanol–water partition coefficient (Wildman–Crippen LogP) is 4.91. The smallest absolute Gasteiger partial charge is 0.251 e. The van der Waals surface area contributed by atoms with Gasteiger partial charge in [-0.3, -0.25) is 9.89 Å². The minimum absolute atomic E-state index is 0.107.